The zero-order valence-electron chi connectivity index (χ0n) is 21.0. The summed E-state index contributed by atoms with van der Waals surface area (Å²) in [7, 11) is 0. The molecule has 1 amide bonds. The Bertz CT molecular complexity index is 735. The Morgan fingerprint density at radius 1 is 1.03 bits per heavy atom. The fourth-order valence-electron chi connectivity index (χ4n) is 4.35. The number of ether oxygens (including phenoxy) is 2. The lowest BCUT2D eigenvalue weighted by Gasteiger charge is -2.39. The fraction of sp³-hybridized carbons (Fsp3) is 0.704. The van der Waals surface area contributed by atoms with Crippen molar-refractivity contribution < 1.29 is 19.1 Å². The summed E-state index contributed by atoms with van der Waals surface area (Å²) < 4.78 is 11.5. The molecule has 180 valence electrons. The van der Waals surface area contributed by atoms with Crippen LogP contribution in [0.4, 0.5) is 4.79 Å². The normalized spacial score (nSPS) is 20.4. The van der Waals surface area contributed by atoms with Crippen LogP contribution in [-0.2, 0) is 27.1 Å². The van der Waals surface area contributed by atoms with Crippen molar-refractivity contribution >= 4 is 12.4 Å². The van der Waals surface area contributed by atoms with Gasteiger partial charge in [0.05, 0.1) is 6.61 Å². The molecule has 0 aromatic heterocycles. The summed E-state index contributed by atoms with van der Waals surface area (Å²) in [6.07, 6.45) is 10.5. The molecule has 1 aliphatic heterocycles. The van der Waals surface area contributed by atoms with Crippen LogP contribution in [0, 0.1) is 0 Å². The Balaban J connectivity index is 1.97. The van der Waals surface area contributed by atoms with Crippen LogP contribution >= 0.6 is 0 Å². The topological polar surface area (TPSA) is 55.8 Å². The molecule has 0 N–H and O–H groups in total. The molecule has 0 saturated carbocycles. The Morgan fingerprint density at radius 2 is 1.59 bits per heavy atom. The number of rotatable bonds is 11. The molecular weight excluding hydrogens is 402 g/mol. The lowest BCUT2D eigenvalue weighted by molar-refractivity contribution is -0.120. The number of benzene rings is 1. The molecule has 0 aliphatic carbocycles. The second-order valence-corrected chi connectivity index (χ2v) is 10.6. The molecule has 1 aliphatic rings. The number of carbonyl (C=O) groups is 2. The highest BCUT2D eigenvalue weighted by Gasteiger charge is 2.55. The lowest BCUT2D eigenvalue weighted by atomic mass is 9.91. The number of amides is 1. The summed E-state index contributed by atoms with van der Waals surface area (Å²) in [5.41, 5.74) is -0.0505. The van der Waals surface area contributed by atoms with Crippen molar-refractivity contribution in [3.05, 3.63) is 35.4 Å². The zero-order valence-corrected chi connectivity index (χ0v) is 21.0. The number of nitrogens with zero attached hydrogens (tertiary/aromatic N) is 1. The van der Waals surface area contributed by atoms with Crippen LogP contribution in [0.25, 0.3) is 0 Å². The van der Waals surface area contributed by atoms with Crippen molar-refractivity contribution in [1.29, 1.82) is 0 Å². The van der Waals surface area contributed by atoms with Gasteiger partial charge in [0.15, 0.2) is 0 Å². The van der Waals surface area contributed by atoms with Crippen LogP contribution in [0.5, 0.6) is 0 Å². The zero-order chi connectivity index (χ0) is 23.8. The van der Waals surface area contributed by atoms with E-state index in [0.717, 1.165) is 18.3 Å². The van der Waals surface area contributed by atoms with E-state index in [-0.39, 0.29) is 6.61 Å². The first-order valence-electron chi connectivity index (χ1n) is 12.2. The largest absolute Gasteiger partial charge is 0.444 e. The van der Waals surface area contributed by atoms with E-state index < -0.39 is 23.0 Å². The summed E-state index contributed by atoms with van der Waals surface area (Å²) in [6, 6.07) is 8.67. The molecule has 1 fully saturated rings. The third-order valence-corrected chi connectivity index (χ3v) is 6.14. The minimum atomic E-state index is -1.02. The fourth-order valence-corrected chi connectivity index (χ4v) is 4.35. The minimum Gasteiger partial charge on any atom is -0.444 e. The first-order chi connectivity index (χ1) is 15.0. The van der Waals surface area contributed by atoms with E-state index in [1.54, 1.807) is 13.8 Å². The Labute approximate surface area is 194 Å². The quantitative estimate of drug-likeness (QED) is 0.290. The maximum absolute atomic E-state index is 13.0. The minimum absolute atomic E-state index is 0.179. The van der Waals surface area contributed by atoms with Crippen LogP contribution in [0.3, 0.4) is 0 Å². The predicted octanol–water partition coefficient (Wildman–Crippen LogP) is 6.46. The first-order valence-corrected chi connectivity index (χ1v) is 12.2. The van der Waals surface area contributed by atoms with E-state index in [0.29, 0.717) is 12.8 Å². The van der Waals surface area contributed by atoms with E-state index in [2.05, 4.69) is 31.2 Å². The van der Waals surface area contributed by atoms with Gasteiger partial charge in [-0.2, -0.15) is 0 Å². The summed E-state index contributed by atoms with van der Waals surface area (Å²) >= 11 is 0. The number of aldehydes is 1. The average molecular weight is 446 g/mol. The molecule has 0 radical (unpaired) electrons. The highest BCUT2D eigenvalue weighted by Crippen LogP contribution is 2.38. The highest BCUT2D eigenvalue weighted by atomic mass is 16.6. The molecule has 0 spiro atoms. The molecule has 5 heteroatoms. The molecule has 1 atom stereocenters. The van der Waals surface area contributed by atoms with Gasteiger partial charge in [-0.3, -0.25) is 4.90 Å². The van der Waals surface area contributed by atoms with E-state index in [1.165, 1.54) is 49.0 Å². The van der Waals surface area contributed by atoms with Gasteiger partial charge in [-0.1, -0.05) is 63.3 Å². The second kappa shape index (κ2) is 11.3. The summed E-state index contributed by atoms with van der Waals surface area (Å²) in [5.74, 6) is 0. The molecule has 1 saturated heterocycles. The van der Waals surface area contributed by atoms with Gasteiger partial charge >= 0.3 is 6.09 Å². The van der Waals surface area contributed by atoms with Crippen molar-refractivity contribution in [2.75, 3.05) is 6.61 Å². The van der Waals surface area contributed by atoms with Crippen molar-refractivity contribution in [3.63, 3.8) is 0 Å². The number of aryl methyl sites for hydroxylation is 2. The van der Waals surface area contributed by atoms with Gasteiger partial charge < -0.3 is 14.3 Å². The van der Waals surface area contributed by atoms with Gasteiger partial charge in [-0.25, -0.2) is 4.79 Å². The number of carbonyl (C=O) groups excluding carboxylic acids is 2. The Morgan fingerprint density at radius 3 is 2.16 bits per heavy atom. The standard InChI is InChI=1S/C27H43NO4/c1-7-8-9-10-11-12-13-22-14-16-23(17-15-22)18-19-27(20-29)21-31-26(5,6)28(27)24(30)32-25(2,3)4/h14-17,20H,7-13,18-19,21H2,1-6H3. The smallest absolute Gasteiger partial charge is 0.413 e. The predicted molar refractivity (Wildman–Crippen MR) is 129 cm³/mol. The number of hydrogen-bond acceptors (Lipinski definition) is 4. The van der Waals surface area contributed by atoms with E-state index in [1.807, 2.05) is 20.8 Å². The molecule has 1 aromatic carbocycles. The van der Waals surface area contributed by atoms with Gasteiger partial charge in [-0.05, 0) is 71.4 Å². The van der Waals surface area contributed by atoms with Crippen molar-refractivity contribution in [2.24, 2.45) is 0 Å². The van der Waals surface area contributed by atoms with Gasteiger partial charge in [0.2, 0.25) is 0 Å². The average Bonchev–Trinajstić information content (AvgIpc) is 2.99. The lowest BCUT2D eigenvalue weighted by Crippen LogP contribution is -2.58. The molecule has 0 bridgehead atoms. The van der Waals surface area contributed by atoms with E-state index in [4.69, 9.17) is 9.47 Å². The molecule has 2 rings (SSSR count). The number of unbranched alkanes of at least 4 members (excludes halogenated alkanes) is 5. The molecular formula is C27H43NO4. The van der Waals surface area contributed by atoms with Crippen LogP contribution in [-0.4, -0.2) is 40.8 Å². The maximum atomic E-state index is 13.0. The number of hydrogen-bond donors (Lipinski definition) is 0. The van der Waals surface area contributed by atoms with Crippen molar-refractivity contribution in [2.45, 2.75) is 116 Å². The van der Waals surface area contributed by atoms with Gasteiger partial charge in [0.25, 0.3) is 0 Å². The monoisotopic (exact) mass is 445 g/mol. The molecule has 1 unspecified atom stereocenters. The van der Waals surface area contributed by atoms with Crippen molar-refractivity contribution in [1.82, 2.24) is 4.90 Å². The van der Waals surface area contributed by atoms with Crippen molar-refractivity contribution in [3.8, 4) is 0 Å². The van der Waals surface area contributed by atoms with Gasteiger partial charge in [0.1, 0.15) is 23.2 Å². The maximum Gasteiger partial charge on any atom is 0.413 e. The van der Waals surface area contributed by atoms with E-state index >= 15 is 0 Å². The van der Waals surface area contributed by atoms with Crippen LogP contribution in [0.15, 0.2) is 24.3 Å². The molecule has 1 heterocycles. The first kappa shape index (κ1) is 26.4. The Hall–Kier alpha value is -1.88. The van der Waals surface area contributed by atoms with E-state index in [9.17, 15) is 9.59 Å². The molecule has 1 aromatic rings. The molecule has 5 nitrogen and oxygen atoms in total. The highest BCUT2D eigenvalue weighted by molar-refractivity contribution is 5.78. The van der Waals surface area contributed by atoms with Gasteiger partial charge in [0, 0.05) is 0 Å². The summed E-state index contributed by atoms with van der Waals surface area (Å²) in [4.78, 5) is 26.7. The summed E-state index contributed by atoms with van der Waals surface area (Å²) in [6.45, 7) is 11.5. The third kappa shape index (κ3) is 7.33. The summed E-state index contributed by atoms with van der Waals surface area (Å²) in [5, 5.41) is 0. The third-order valence-electron chi connectivity index (χ3n) is 6.14. The van der Waals surface area contributed by atoms with Crippen LogP contribution in [0.1, 0.15) is 97.6 Å². The second-order valence-electron chi connectivity index (χ2n) is 10.6. The van der Waals surface area contributed by atoms with Gasteiger partial charge in [-0.15, -0.1) is 0 Å². The molecule has 32 heavy (non-hydrogen) atoms. The Kier molecular flexibility index (Phi) is 9.32. The van der Waals surface area contributed by atoms with Crippen LogP contribution in [0.2, 0.25) is 0 Å². The van der Waals surface area contributed by atoms with Crippen LogP contribution < -0.4 is 0 Å². The SMILES string of the molecule is CCCCCCCCc1ccc(CCC2(C=O)COC(C)(C)N2C(=O)OC(C)(C)C)cc1.